The minimum Gasteiger partial charge on any atom is -0.355 e. The highest BCUT2D eigenvalue weighted by Crippen LogP contribution is 2.34. The molecular formula is C14H26N2O. The third kappa shape index (κ3) is 3.01. The molecule has 0 unspecified atom stereocenters. The number of rotatable bonds is 4. The van der Waals surface area contributed by atoms with Gasteiger partial charge in [0.15, 0.2) is 0 Å². The molecule has 0 spiro atoms. The first-order valence-electron chi connectivity index (χ1n) is 7.25. The summed E-state index contributed by atoms with van der Waals surface area (Å²) in [7, 11) is 0. The zero-order chi connectivity index (χ0) is 12.1. The van der Waals surface area contributed by atoms with E-state index in [1.54, 1.807) is 0 Å². The van der Waals surface area contributed by atoms with Crippen molar-refractivity contribution in [3.8, 4) is 0 Å². The third-order valence-electron chi connectivity index (χ3n) is 4.71. The smallest absolute Gasteiger partial charge is 0.227 e. The van der Waals surface area contributed by atoms with E-state index < -0.39 is 0 Å². The molecule has 3 N–H and O–H groups in total. The fraction of sp³-hybridized carbons (Fsp3) is 0.929. The van der Waals surface area contributed by atoms with Crippen molar-refractivity contribution in [2.45, 2.75) is 57.8 Å². The van der Waals surface area contributed by atoms with E-state index in [1.807, 2.05) is 0 Å². The van der Waals surface area contributed by atoms with Gasteiger partial charge in [-0.3, -0.25) is 4.79 Å². The zero-order valence-electron chi connectivity index (χ0n) is 10.8. The van der Waals surface area contributed by atoms with Gasteiger partial charge in [0, 0.05) is 13.1 Å². The fourth-order valence-electron chi connectivity index (χ4n) is 3.05. The van der Waals surface area contributed by atoms with Crippen LogP contribution in [0, 0.1) is 11.3 Å². The number of nitrogens with one attached hydrogen (secondary N) is 1. The van der Waals surface area contributed by atoms with Gasteiger partial charge in [-0.2, -0.15) is 0 Å². The van der Waals surface area contributed by atoms with Gasteiger partial charge in [-0.1, -0.05) is 32.1 Å². The van der Waals surface area contributed by atoms with Crippen LogP contribution in [0.4, 0.5) is 0 Å². The van der Waals surface area contributed by atoms with E-state index >= 15 is 0 Å². The minimum absolute atomic E-state index is 0.230. The lowest BCUT2D eigenvalue weighted by Gasteiger charge is -2.32. The summed E-state index contributed by atoms with van der Waals surface area (Å²) in [5.41, 5.74) is 5.65. The van der Waals surface area contributed by atoms with Gasteiger partial charge in [-0.05, 0) is 31.6 Å². The zero-order valence-corrected chi connectivity index (χ0v) is 10.8. The van der Waals surface area contributed by atoms with Crippen LogP contribution < -0.4 is 11.1 Å². The molecule has 0 bridgehead atoms. The molecule has 2 saturated carbocycles. The third-order valence-corrected chi connectivity index (χ3v) is 4.71. The molecule has 2 aliphatic rings. The van der Waals surface area contributed by atoms with Crippen LogP contribution in [0.1, 0.15) is 57.8 Å². The van der Waals surface area contributed by atoms with Crippen LogP contribution in [0.25, 0.3) is 0 Å². The Bertz CT molecular complexity index is 253. The van der Waals surface area contributed by atoms with Gasteiger partial charge in [-0.15, -0.1) is 0 Å². The highest BCUT2D eigenvalue weighted by atomic mass is 16.2. The molecule has 2 aliphatic carbocycles. The van der Waals surface area contributed by atoms with Crippen molar-refractivity contribution in [2.24, 2.45) is 17.1 Å². The van der Waals surface area contributed by atoms with Gasteiger partial charge < -0.3 is 11.1 Å². The molecule has 3 nitrogen and oxygen atoms in total. The SMILES string of the molecule is NCC1(C(=O)NCC2CCC2)CCCCCC1. The number of carbonyl (C=O) groups is 1. The predicted molar refractivity (Wildman–Crippen MR) is 69.5 cm³/mol. The molecule has 0 aromatic heterocycles. The molecular weight excluding hydrogens is 212 g/mol. The lowest BCUT2D eigenvalue weighted by molar-refractivity contribution is -0.131. The Balaban J connectivity index is 1.87. The molecule has 1 amide bonds. The van der Waals surface area contributed by atoms with Crippen molar-refractivity contribution in [1.29, 1.82) is 0 Å². The highest BCUT2D eigenvalue weighted by Gasteiger charge is 2.37. The van der Waals surface area contributed by atoms with Gasteiger partial charge in [0.05, 0.1) is 5.41 Å². The highest BCUT2D eigenvalue weighted by molar-refractivity contribution is 5.82. The number of hydrogen-bond donors (Lipinski definition) is 2. The summed E-state index contributed by atoms with van der Waals surface area (Å²) in [5.74, 6) is 0.966. The molecule has 0 atom stereocenters. The van der Waals surface area contributed by atoms with Crippen molar-refractivity contribution in [2.75, 3.05) is 13.1 Å². The molecule has 17 heavy (non-hydrogen) atoms. The molecule has 98 valence electrons. The maximum absolute atomic E-state index is 12.4. The Hall–Kier alpha value is -0.570. The van der Waals surface area contributed by atoms with Gasteiger partial charge in [0.2, 0.25) is 5.91 Å². The first-order chi connectivity index (χ1) is 8.27. The second-order valence-electron chi connectivity index (χ2n) is 5.91. The van der Waals surface area contributed by atoms with Crippen LogP contribution in [0.2, 0.25) is 0 Å². The summed E-state index contributed by atoms with van der Waals surface area (Å²) < 4.78 is 0. The molecule has 2 rings (SSSR count). The van der Waals surface area contributed by atoms with E-state index in [9.17, 15) is 4.79 Å². The first-order valence-corrected chi connectivity index (χ1v) is 7.25. The van der Waals surface area contributed by atoms with Crippen LogP contribution in [0.3, 0.4) is 0 Å². The summed E-state index contributed by atoms with van der Waals surface area (Å²) in [6, 6.07) is 0. The van der Waals surface area contributed by atoms with E-state index in [0.29, 0.717) is 6.54 Å². The fourth-order valence-corrected chi connectivity index (χ4v) is 3.05. The minimum atomic E-state index is -0.250. The van der Waals surface area contributed by atoms with E-state index in [-0.39, 0.29) is 11.3 Å². The maximum atomic E-state index is 12.4. The molecule has 0 aromatic carbocycles. The topological polar surface area (TPSA) is 55.1 Å². The first kappa shape index (κ1) is 12.9. The summed E-state index contributed by atoms with van der Waals surface area (Å²) in [6.45, 7) is 1.39. The molecule has 0 aliphatic heterocycles. The molecule has 0 aromatic rings. The molecule has 0 saturated heterocycles. The maximum Gasteiger partial charge on any atom is 0.227 e. The summed E-state index contributed by atoms with van der Waals surface area (Å²) in [5, 5.41) is 3.15. The van der Waals surface area contributed by atoms with Gasteiger partial charge >= 0.3 is 0 Å². The monoisotopic (exact) mass is 238 g/mol. The lowest BCUT2D eigenvalue weighted by Crippen LogP contribution is -2.47. The van der Waals surface area contributed by atoms with Crippen molar-refractivity contribution < 1.29 is 4.79 Å². The Kier molecular flexibility index (Phi) is 4.43. The summed E-state index contributed by atoms with van der Waals surface area (Å²) in [6.07, 6.45) is 10.7. The van der Waals surface area contributed by atoms with Crippen LogP contribution in [-0.2, 0) is 4.79 Å². The van der Waals surface area contributed by atoms with Crippen molar-refractivity contribution >= 4 is 5.91 Å². The lowest BCUT2D eigenvalue weighted by atomic mass is 9.79. The Labute approximate surface area is 105 Å². The second-order valence-corrected chi connectivity index (χ2v) is 5.91. The van der Waals surface area contributed by atoms with E-state index in [2.05, 4.69) is 5.32 Å². The standard InChI is InChI=1S/C14H26N2O/c15-11-14(8-3-1-2-4-9-14)13(17)16-10-12-6-5-7-12/h12H,1-11,15H2,(H,16,17). The van der Waals surface area contributed by atoms with Crippen molar-refractivity contribution in [3.63, 3.8) is 0 Å². The van der Waals surface area contributed by atoms with E-state index in [4.69, 9.17) is 5.73 Å². The van der Waals surface area contributed by atoms with Gasteiger partial charge in [0.1, 0.15) is 0 Å². The van der Waals surface area contributed by atoms with Crippen LogP contribution in [-0.4, -0.2) is 19.0 Å². The molecule has 0 heterocycles. The molecule has 3 heteroatoms. The number of nitrogens with two attached hydrogens (primary N) is 1. The molecule has 2 fully saturated rings. The number of carbonyl (C=O) groups excluding carboxylic acids is 1. The Morgan fingerprint density at radius 2 is 1.76 bits per heavy atom. The largest absolute Gasteiger partial charge is 0.355 e. The number of hydrogen-bond acceptors (Lipinski definition) is 2. The van der Waals surface area contributed by atoms with E-state index in [0.717, 1.165) is 38.1 Å². The average Bonchev–Trinajstić information content (AvgIpc) is 2.52. The predicted octanol–water partition coefficient (Wildman–Crippen LogP) is 2.20. The summed E-state index contributed by atoms with van der Waals surface area (Å²) >= 11 is 0. The number of amides is 1. The Morgan fingerprint density at radius 1 is 1.12 bits per heavy atom. The quantitative estimate of drug-likeness (QED) is 0.738. The van der Waals surface area contributed by atoms with Crippen molar-refractivity contribution in [3.05, 3.63) is 0 Å². The van der Waals surface area contributed by atoms with Crippen LogP contribution in [0.15, 0.2) is 0 Å². The second kappa shape index (κ2) is 5.85. The molecule has 0 radical (unpaired) electrons. The van der Waals surface area contributed by atoms with Crippen molar-refractivity contribution in [1.82, 2.24) is 5.32 Å². The van der Waals surface area contributed by atoms with E-state index in [1.165, 1.54) is 32.1 Å². The van der Waals surface area contributed by atoms with Gasteiger partial charge in [0.25, 0.3) is 0 Å². The summed E-state index contributed by atoms with van der Waals surface area (Å²) in [4.78, 5) is 12.4. The van der Waals surface area contributed by atoms with Crippen LogP contribution >= 0.6 is 0 Å². The Morgan fingerprint density at radius 3 is 2.24 bits per heavy atom. The van der Waals surface area contributed by atoms with Gasteiger partial charge in [-0.25, -0.2) is 0 Å². The normalized spacial score (nSPS) is 24.8. The average molecular weight is 238 g/mol. The van der Waals surface area contributed by atoms with Crippen LogP contribution in [0.5, 0.6) is 0 Å².